The zero-order valence-electron chi connectivity index (χ0n) is 19.0. The van der Waals surface area contributed by atoms with Crippen LogP contribution in [0.4, 0.5) is 22.9 Å². The molecule has 8 nitrogen and oxygen atoms in total. The Bertz CT molecular complexity index is 1190. The highest BCUT2D eigenvalue weighted by Crippen LogP contribution is 2.40. The summed E-state index contributed by atoms with van der Waals surface area (Å²) in [4.78, 5) is 17.0. The first-order valence-electron chi connectivity index (χ1n) is 10.1. The lowest BCUT2D eigenvalue weighted by Gasteiger charge is -2.15. The molecule has 34 heavy (non-hydrogen) atoms. The largest absolute Gasteiger partial charge is 0.493 e. The first kappa shape index (κ1) is 25.0. The van der Waals surface area contributed by atoms with E-state index in [0.717, 1.165) is 0 Å². The molecule has 0 fully saturated rings. The van der Waals surface area contributed by atoms with Gasteiger partial charge in [-0.2, -0.15) is 0 Å². The van der Waals surface area contributed by atoms with Crippen LogP contribution < -0.4 is 30.2 Å². The van der Waals surface area contributed by atoms with Crippen LogP contribution in [-0.2, 0) is 4.79 Å². The Morgan fingerprint density at radius 3 is 2.21 bits per heavy atom. The minimum atomic E-state index is -0.350. The third kappa shape index (κ3) is 5.84. The van der Waals surface area contributed by atoms with Crippen molar-refractivity contribution in [3.8, 4) is 17.2 Å². The highest BCUT2D eigenvalue weighted by atomic mass is 35.5. The van der Waals surface area contributed by atoms with Crippen molar-refractivity contribution in [3.63, 3.8) is 0 Å². The fourth-order valence-electron chi connectivity index (χ4n) is 3.14. The lowest BCUT2D eigenvalue weighted by Crippen LogP contribution is -2.10. The highest BCUT2D eigenvalue weighted by Gasteiger charge is 2.14. The molecule has 178 valence electrons. The summed E-state index contributed by atoms with van der Waals surface area (Å²) in [5.41, 5.74) is 2.51. The smallest absolute Gasteiger partial charge is 0.248 e. The number of aromatic nitrogens is 1. The molecule has 10 heteroatoms. The highest BCUT2D eigenvalue weighted by molar-refractivity contribution is 6.42. The molecule has 3 N–H and O–H groups in total. The zero-order valence-corrected chi connectivity index (χ0v) is 20.5. The fourth-order valence-corrected chi connectivity index (χ4v) is 3.47. The monoisotopic (exact) mass is 502 g/mol. The molecule has 3 aromatic rings. The number of nitrogens with one attached hydrogen (secondary N) is 3. The number of rotatable bonds is 9. The van der Waals surface area contributed by atoms with Gasteiger partial charge in [-0.25, -0.2) is 4.98 Å². The van der Waals surface area contributed by atoms with Gasteiger partial charge in [0.05, 0.1) is 42.7 Å². The van der Waals surface area contributed by atoms with Crippen LogP contribution in [0, 0.1) is 0 Å². The molecule has 0 spiro atoms. The average molecular weight is 503 g/mol. The summed E-state index contributed by atoms with van der Waals surface area (Å²) >= 11 is 12.1. The molecule has 0 unspecified atom stereocenters. The molecule has 2 aromatic carbocycles. The van der Waals surface area contributed by atoms with Gasteiger partial charge in [0, 0.05) is 42.7 Å². The number of nitrogens with zero attached hydrogens (tertiary/aromatic N) is 1. The molecular weight excluding hydrogens is 479 g/mol. The number of hydrogen-bond acceptors (Lipinski definition) is 7. The number of pyridine rings is 1. The second-order valence-corrected chi connectivity index (χ2v) is 7.68. The normalized spacial score (nSPS) is 10.6. The number of amides is 1. The molecular formula is C24H24Cl2N4O4. The maximum absolute atomic E-state index is 12.6. The maximum atomic E-state index is 12.6. The molecule has 0 aliphatic heterocycles. The van der Waals surface area contributed by atoms with Gasteiger partial charge < -0.3 is 30.2 Å². The fraction of sp³-hybridized carbons (Fsp3) is 0.167. The topological polar surface area (TPSA) is 93.7 Å². The van der Waals surface area contributed by atoms with Crippen LogP contribution in [0.15, 0.2) is 48.7 Å². The first-order chi connectivity index (χ1) is 16.4. The maximum Gasteiger partial charge on any atom is 0.248 e. The summed E-state index contributed by atoms with van der Waals surface area (Å²) < 4.78 is 16.2. The Morgan fingerprint density at radius 1 is 0.971 bits per heavy atom. The van der Waals surface area contributed by atoms with Gasteiger partial charge in [0.25, 0.3) is 0 Å². The van der Waals surface area contributed by atoms with Gasteiger partial charge in [-0.05, 0) is 30.3 Å². The van der Waals surface area contributed by atoms with Gasteiger partial charge in [-0.1, -0.05) is 23.2 Å². The van der Waals surface area contributed by atoms with Crippen molar-refractivity contribution in [1.82, 2.24) is 4.98 Å². The van der Waals surface area contributed by atoms with Crippen molar-refractivity contribution in [1.29, 1.82) is 0 Å². The Morgan fingerprint density at radius 2 is 1.62 bits per heavy atom. The quantitative estimate of drug-likeness (QED) is 0.316. The van der Waals surface area contributed by atoms with E-state index in [0.29, 0.717) is 55.7 Å². The molecule has 0 aliphatic carbocycles. The van der Waals surface area contributed by atoms with Crippen LogP contribution in [0.3, 0.4) is 0 Å². The van der Waals surface area contributed by atoms with Crippen molar-refractivity contribution < 1.29 is 19.0 Å². The summed E-state index contributed by atoms with van der Waals surface area (Å²) in [6.07, 6.45) is 4.70. The molecule has 0 aliphatic rings. The van der Waals surface area contributed by atoms with Crippen LogP contribution in [0.5, 0.6) is 17.2 Å². The molecule has 0 atom stereocenters. The summed E-state index contributed by atoms with van der Waals surface area (Å²) in [5.74, 6) is 1.66. The van der Waals surface area contributed by atoms with Gasteiger partial charge in [0.15, 0.2) is 11.5 Å². The van der Waals surface area contributed by atoms with Gasteiger partial charge in [-0.3, -0.25) is 4.79 Å². The van der Waals surface area contributed by atoms with Gasteiger partial charge >= 0.3 is 0 Å². The van der Waals surface area contributed by atoms with Crippen LogP contribution in [0.1, 0.15) is 5.56 Å². The van der Waals surface area contributed by atoms with Gasteiger partial charge in [0.1, 0.15) is 5.82 Å². The second-order valence-electron chi connectivity index (χ2n) is 6.86. The zero-order chi connectivity index (χ0) is 24.7. The SMILES string of the molecule is CNc1cc(Cl)c(Cl)cc1NC(=O)/C=C/c1cccnc1Nc1cc(OC)c(OC)c(OC)c1. The Kier molecular flexibility index (Phi) is 8.45. The van der Waals surface area contributed by atoms with Crippen molar-refractivity contribution in [2.45, 2.75) is 0 Å². The standard InChI is InChI=1S/C24H24Cl2N4O4/c1-27-18-12-16(25)17(26)13-19(18)30-22(31)8-7-14-6-5-9-28-24(14)29-15-10-20(32-2)23(34-4)21(11-15)33-3/h5-13,27H,1-4H3,(H,28,29)(H,30,31)/b8-7+. The number of carbonyl (C=O) groups is 1. The van der Waals surface area contributed by atoms with Crippen molar-refractivity contribution >= 4 is 58.1 Å². The molecule has 1 aromatic heterocycles. The first-order valence-corrected chi connectivity index (χ1v) is 10.8. The Hall–Kier alpha value is -3.62. The lowest BCUT2D eigenvalue weighted by molar-refractivity contribution is -0.111. The molecule has 0 saturated carbocycles. The second kappa shape index (κ2) is 11.5. The van der Waals surface area contributed by atoms with E-state index >= 15 is 0 Å². The molecule has 0 bridgehead atoms. The number of methoxy groups -OCH3 is 3. The third-order valence-electron chi connectivity index (χ3n) is 4.77. The van der Waals surface area contributed by atoms with Crippen LogP contribution in [0.25, 0.3) is 6.08 Å². The van der Waals surface area contributed by atoms with E-state index in [1.807, 2.05) is 6.07 Å². The van der Waals surface area contributed by atoms with Crippen LogP contribution >= 0.6 is 23.2 Å². The summed E-state index contributed by atoms with van der Waals surface area (Å²) in [6.45, 7) is 0. The van der Waals surface area contributed by atoms with Crippen LogP contribution in [-0.4, -0.2) is 39.3 Å². The van der Waals surface area contributed by atoms with E-state index in [-0.39, 0.29) is 5.91 Å². The average Bonchev–Trinajstić information content (AvgIpc) is 2.84. The Labute approximate surface area is 207 Å². The van der Waals surface area contributed by atoms with Gasteiger partial charge in [-0.15, -0.1) is 0 Å². The molecule has 1 heterocycles. The van der Waals surface area contributed by atoms with Crippen molar-refractivity contribution in [2.24, 2.45) is 0 Å². The lowest BCUT2D eigenvalue weighted by atomic mass is 10.2. The minimum Gasteiger partial charge on any atom is -0.493 e. The van der Waals surface area contributed by atoms with Gasteiger partial charge in [0.2, 0.25) is 11.7 Å². The van der Waals surface area contributed by atoms with Crippen molar-refractivity contribution in [2.75, 3.05) is 44.3 Å². The molecule has 3 rings (SSSR count). The Balaban J connectivity index is 1.83. The number of ether oxygens (including phenoxy) is 3. The predicted molar refractivity (Wildman–Crippen MR) is 137 cm³/mol. The van der Waals surface area contributed by atoms with E-state index in [4.69, 9.17) is 37.4 Å². The number of hydrogen-bond donors (Lipinski definition) is 3. The predicted octanol–water partition coefficient (Wildman–Crippen LogP) is 5.85. The number of anilines is 4. The number of carbonyl (C=O) groups excluding carboxylic acids is 1. The summed E-state index contributed by atoms with van der Waals surface area (Å²) in [7, 11) is 6.35. The molecule has 0 saturated heterocycles. The van der Waals surface area contributed by atoms with E-state index in [2.05, 4.69) is 20.9 Å². The number of halogens is 2. The number of benzene rings is 2. The summed E-state index contributed by atoms with van der Waals surface area (Å²) in [5, 5.41) is 9.72. The minimum absolute atomic E-state index is 0.337. The van der Waals surface area contributed by atoms with Crippen molar-refractivity contribution in [3.05, 3.63) is 64.3 Å². The van der Waals surface area contributed by atoms with E-state index < -0.39 is 0 Å². The van der Waals surface area contributed by atoms with E-state index in [1.54, 1.807) is 63.9 Å². The third-order valence-corrected chi connectivity index (χ3v) is 5.49. The molecule has 0 radical (unpaired) electrons. The van der Waals surface area contributed by atoms with E-state index in [1.165, 1.54) is 13.2 Å². The summed E-state index contributed by atoms with van der Waals surface area (Å²) in [6, 6.07) is 10.4. The van der Waals surface area contributed by atoms with E-state index in [9.17, 15) is 4.79 Å². The van der Waals surface area contributed by atoms with Crippen LogP contribution in [0.2, 0.25) is 10.0 Å². The molecule has 1 amide bonds.